The first-order chi connectivity index (χ1) is 10.1. The Labute approximate surface area is 121 Å². The van der Waals surface area contributed by atoms with Crippen molar-refractivity contribution in [1.82, 2.24) is 19.6 Å². The van der Waals surface area contributed by atoms with Gasteiger partial charge in [0.25, 0.3) is 0 Å². The zero-order chi connectivity index (χ0) is 15.0. The maximum absolute atomic E-state index is 11.5. The molecule has 0 atom stereocenters. The van der Waals surface area contributed by atoms with Gasteiger partial charge in [-0.2, -0.15) is 14.6 Å². The van der Waals surface area contributed by atoms with Crippen molar-refractivity contribution in [2.75, 3.05) is 12.4 Å². The number of carbonyl (C=O) groups excluding carboxylic acids is 1. The lowest BCUT2D eigenvalue weighted by molar-refractivity contribution is 0.101. The van der Waals surface area contributed by atoms with Crippen LogP contribution < -0.4 is 5.32 Å². The molecule has 0 aliphatic heterocycles. The lowest BCUT2D eigenvalue weighted by atomic mass is 10.0. The third kappa shape index (κ3) is 2.24. The zero-order valence-electron chi connectivity index (χ0n) is 12.1. The maximum Gasteiger partial charge on any atom is 0.227 e. The first-order valence-electron chi connectivity index (χ1n) is 6.61. The van der Waals surface area contributed by atoms with E-state index in [4.69, 9.17) is 0 Å². The fourth-order valence-electron chi connectivity index (χ4n) is 2.25. The van der Waals surface area contributed by atoms with Crippen LogP contribution in [0, 0.1) is 6.92 Å². The van der Waals surface area contributed by atoms with Crippen LogP contribution in [0.3, 0.4) is 0 Å². The lowest BCUT2D eigenvalue weighted by Gasteiger charge is -2.05. The average Bonchev–Trinajstić information content (AvgIpc) is 2.90. The van der Waals surface area contributed by atoms with Gasteiger partial charge in [0, 0.05) is 18.2 Å². The molecule has 0 unspecified atom stereocenters. The molecule has 3 rings (SSSR count). The number of ketones is 1. The summed E-state index contributed by atoms with van der Waals surface area (Å²) in [7, 11) is 1.79. The summed E-state index contributed by atoms with van der Waals surface area (Å²) in [5.74, 6) is 1.33. The molecule has 2 aromatic heterocycles. The van der Waals surface area contributed by atoms with Crippen LogP contribution in [0.5, 0.6) is 0 Å². The van der Waals surface area contributed by atoms with E-state index < -0.39 is 0 Å². The first kappa shape index (κ1) is 13.2. The second kappa shape index (κ2) is 4.97. The third-order valence-corrected chi connectivity index (χ3v) is 3.28. The number of aryl methyl sites for hydroxylation is 1. The van der Waals surface area contributed by atoms with Crippen LogP contribution in [0.15, 0.2) is 30.5 Å². The highest BCUT2D eigenvalue weighted by atomic mass is 16.1. The van der Waals surface area contributed by atoms with Crippen molar-refractivity contribution in [2.24, 2.45) is 0 Å². The summed E-state index contributed by atoms with van der Waals surface area (Å²) in [6.07, 6.45) is 1.74. The molecule has 2 heterocycles. The number of nitrogens with one attached hydrogen (secondary N) is 1. The van der Waals surface area contributed by atoms with Crippen molar-refractivity contribution in [2.45, 2.75) is 13.8 Å². The second-order valence-corrected chi connectivity index (χ2v) is 4.78. The SMILES string of the molecule is CNc1nc(C)nc2c(-c3cccc(C(C)=O)c3)cnn12. The zero-order valence-corrected chi connectivity index (χ0v) is 12.1. The number of Topliss-reactive ketones (excluding diaryl/α,β-unsaturated/α-hetero) is 1. The Morgan fingerprint density at radius 1 is 1.29 bits per heavy atom. The van der Waals surface area contributed by atoms with Gasteiger partial charge in [0.05, 0.1) is 6.20 Å². The molecular weight excluding hydrogens is 266 g/mol. The topological polar surface area (TPSA) is 72.2 Å². The van der Waals surface area contributed by atoms with Crippen molar-refractivity contribution < 1.29 is 4.79 Å². The molecule has 0 aliphatic rings. The van der Waals surface area contributed by atoms with Gasteiger partial charge in [-0.3, -0.25) is 4.79 Å². The van der Waals surface area contributed by atoms with Gasteiger partial charge >= 0.3 is 0 Å². The van der Waals surface area contributed by atoms with Gasteiger partial charge in [0.2, 0.25) is 5.95 Å². The van der Waals surface area contributed by atoms with Crippen molar-refractivity contribution in [1.29, 1.82) is 0 Å². The summed E-state index contributed by atoms with van der Waals surface area (Å²) in [6.45, 7) is 3.39. The predicted octanol–water partition coefficient (Wildman–Crippen LogP) is 2.34. The van der Waals surface area contributed by atoms with Crippen LogP contribution in [-0.2, 0) is 0 Å². The fraction of sp³-hybridized carbons (Fsp3) is 0.200. The van der Waals surface area contributed by atoms with Gasteiger partial charge in [-0.25, -0.2) is 4.98 Å². The minimum absolute atomic E-state index is 0.0371. The average molecular weight is 281 g/mol. The molecule has 0 amide bonds. The summed E-state index contributed by atoms with van der Waals surface area (Å²) in [6, 6.07) is 7.47. The number of nitrogens with zero attached hydrogens (tertiary/aromatic N) is 4. The first-order valence-corrected chi connectivity index (χ1v) is 6.61. The standard InChI is InChI=1S/C15H15N5O/c1-9(21)11-5-4-6-12(7-11)13-8-17-20-14(13)18-10(2)19-15(20)16-3/h4-8H,1-3H3,(H,16,18,19). The molecule has 0 saturated heterocycles. The Kier molecular flexibility index (Phi) is 3.13. The number of hydrogen-bond donors (Lipinski definition) is 1. The smallest absolute Gasteiger partial charge is 0.227 e. The van der Waals surface area contributed by atoms with Crippen molar-refractivity contribution >= 4 is 17.4 Å². The quantitative estimate of drug-likeness (QED) is 0.746. The number of anilines is 1. The van der Waals surface area contributed by atoms with Gasteiger partial charge in [-0.15, -0.1) is 0 Å². The van der Waals surface area contributed by atoms with Crippen molar-refractivity contribution in [3.8, 4) is 11.1 Å². The van der Waals surface area contributed by atoms with E-state index >= 15 is 0 Å². The van der Waals surface area contributed by atoms with E-state index in [1.807, 2.05) is 25.1 Å². The van der Waals surface area contributed by atoms with Gasteiger partial charge in [0.1, 0.15) is 5.82 Å². The highest BCUT2D eigenvalue weighted by Gasteiger charge is 2.13. The van der Waals surface area contributed by atoms with Gasteiger partial charge in [0.15, 0.2) is 11.4 Å². The molecule has 106 valence electrons. The number of carbonyl (C=O) groups is 1. The number of benzene rings is 1. The Bertz CT molecular complexity index is 837. The van der Waals surface area contributed by atoms with Crippen LogP contribution in [-0.4, -0.2) is 32.4 Å². The molecule has 6 nitrogen and oxygen atoms in total. The number of fused-ring (bicyclic) bond motifs is 1. The van der Waals surface area contributed by atoms with E-state index in [1.54, 1.807) is 30.8 Å². The summed E-state index contributed by atoms with van der Waals surface area (Å²) in [5, 5.41) is 7.33. The number of hydrogen-bond acceptors (Lipinski definition) is 5. The lowest BCUT2D eigenvalue weighted by Crippen LogP contribution is -2.05. The van der Waals surface area contributed by atoms with Gasteiger partial charge in [-0.1, -0.05) is 18.2 Å². The fourth-order valence-corrected chi connectivity index (χ4v) is 2.25. The van der Waals surface area contributed by atoms with E-state index in [2.05, 4.69) is 20.4 Å². The molecule has 0 bridgehead atoms. The highest BCUT2D eigenvalue weighted by Crippen LogP contribution is 2.25. The molecule has 1 N–H and O–H groups in total. The van der Waals surface area contributed by atoms with Gasteiger partial charge in [-0.05, 0) is 25.5 Å². The molecule has 0 spiro atoms. The highest BCUT2D eigenvalue weighted by molar-refractivity contribution is 5.95. The molecular formula is C15H15N5O. The predicted molar refractivity (Wildman–Crippen MR) is 80.5 cm³/mol. The van der Waals surface area contributed by atoms with Crippen molar-refractivity contribution in [3.05, 3.63) is 41.9 Å². The van der Waals surface area contributed by atoms with Gasteiger partial charge < -0.3 is 5.32 Å². The van der Waals surface area contributed by atoms with E-state index in [0.29, 0.717) is 23.0 Å². The Morgan fingerprint density at radius 3 is 2.81 bits per heavy atom. The molecule has 0 aliphatic carbocycles. The van der Waals surface area contributed by atoms with Crippen LogP contribution >= 0.6 is 0 Å². The number of aromatic nitrogens is 4. The monoisotopic (exact) mass is 281 g/mol. The van der Waals surface area contributed by atoms with Crippen LogP contribution in [0.25, 0.3) is 16.8 Å². The minimum Gasteiger partial charge on any atom is -0.357 e. The molecule has 1 aromatic carbocycles. The Hall–Kier alpha value is -2.76. The van der Waals surface area contributed by atoms with E-state index in [-0.39, 0.29) is 5.78 Å². The minimum atomic E-state index is 0.0371. The summed E-state index contributed by atoms with van der Waals surface area (Å²) >= 11 is 0. The third-order valence-electron chi connectivity index (χ3n) is 3.28. The molecule has 0 radical (unpaired) electrons. The van der Waals surface area contributed by atoms with Crippen molar-refractivity contribution in [3.63, 3.8) is 0 Å². The second-order valence-electron chi connectivity index (χ2n) is 4.78. The normalized spacial score (nSPS) is 10.8. The van der Waals surface area contributed by atoms with E-state index in [9.17, 15) is 4.79 Å². The Balaban J connectivity index is 2.24. The molecule has 21 heavy (non-hydrogen) atoms. The summed E-state index contributed by atoms with van der Waals surface area (Å²) < 4.78 is 1.66. The van der Waals surface area contributed by atoms with Crippen LogP contribution in [0.4, 0.5) is 5.95 Å². The number of rotatable bonds is 3. The van der Waals surface area contributed by atoms with Crippen LogP contribution in [0.2, 0.25) is 0 Å². The Morgan fingerprint density at radius 2 is 2.10 bits per heavy atom. The molecule has 0 saturated carbocycles. The molecule has 0 fully saturated rings. The van der Waals surface area contributed by atoms with E-state index in [1.165, 1.54) is 0 Å². The summed E-state index contributed by atoms with van der Waals surface area (Å²) in [5.41, 5.74) is 3.18. The van der Waals surface area contributed by atoms with Crippen LogP contribution in [0.1, 0.15) is 23.1 Å². The molecule has 3 aromatic rings. The molecule has 6 heteroatoms. The maximum atomic E-state index is 11.5. The summed E-state index contributed by atoms with van der Waals surface area (Å²) in [4.78, 5) is 20.3. The largest absolute Gasteiger partial charge is 0.357 e. The van der Waals surface area contributed by atoms with E-state index in [0.717, 1.165) is 11.1 Å².